The summed E-state index contributed by atoms with van der Waals surface area (Å²) in [5, 5.41) is 9.30. The number of hydrogen-bond acceptors (Lipinski definition) is 4. The van der Waals surface area contributed by atoms with Gasteiger partial charge in [0.15, 0.2) is 17.8 Å². The molecule has 0 saturated heterocycles. The average Bonchev–Trinajstić information content (AvgIpc) is 2.08. The molecule has 1 aromatic rings. The predicted octanol–water partition coefficient (Wildman–Crippen LogP) is 0.795. The van der Waals surface area contributed by atoms with Crippen molar-refractivity contribution in [1.29, 1.82) is 0 Å². The molecule has 0 aromatic heterocycles. The molecule has 12 heavy (non-hydrogen) atoms. The van der Waals surface area contributed by atoms with Crippen molar-refractivity contribution < 1.29 is 14.6 Å². The van der Waals surface area contributed by atoms with E-state index in [1.54, 1.807) is 0 Å². The fourth-order valence-electron chi connectivity index (χ4n) is 0.897. The Bertz CT molecular complexity index is 309. The normalized spacial score (nSPS) is 9.42. The van der Waals surface area contributed by atoms with Crippen molar-refractivity contribution in [1.82, 2.24) is 0 Å². The topological polar surface area (TPSA) is 72.5 Å². The number of ether oxygens (including phenoxy) is 1. The number of aldehydes is 1. The summed E-state index contributed by atoms with van der Waals surface area (Å²) >= 11 is 0. The second-order valence-electron chi connectivity index (χ2n) is 2.28. The van der Waals surface area contributed by atoms with Crippen molar-refractivity contribution >= 4 is 12.0 Å². The van der Waals surface area contributed by atoms with Crippen molar-refractivity contribution in [2.24, 2.45) is 0 Å². The fourth-order valence-corrected chi connectivity index (χ4v) is 0.897. The van der Waals surface area contributed by atoms with E-state index < -0.39 is 0 Å². The molecule has 0 aliphatic heterocycles. The third-order valence-electron chi connectivity index (χ3n) is 1.47. The van der Waals surface area contributed by atoms with Gasteiger partial charge in [0.1, 0.15) is 0 Å². The highest BCUT2D eigenvalue weighted by atomic mass is 16.5. The second-order valence-corrected chi connectivity index (χ2v) is 2.28. The van der Waals surface area contributed by atoms with Crippen LogP contribution in [0.3, 0.4) is 0 Å². The number of anilines is 1. The quantitative estimate of drug-likeness (QED) is 0.388. The number of benzene rings is 1. The van der Waals surface area contributed by atoms with Crippen LogP contribution in [0, 0.1) is 0 Å². The van der Waals surface area contributed by atoms with Crippen LogP contribution < -0.4 is 10.5 Å². The minimum atomic E-state index is -0.179. The van der Waals surface area contributed by atoms with Gasteiger partial charge in [-0.25, -0.2) is 0 Å². The van der Waals surface area contributed by atoms with Crippen molar-refractivity contribution in [3.8, 4) is 11.5 Å². The maximum absolute atomic E-state index is 10.4. The Morgan fingerprint density at radius 1 is 1.58 bits per heavy atom. The van der Waals surface area contributed by atoms with Crippen LogP contribution in [0.25, 0.3) is 0 Å². The molecule has 0 radical (unpaired) electrons. The van der Waals surface area contributed by atoms with Crippen LogP contribution in [0.4, 0.5) is 5.69 Å². The highest BCUT2D eigenvalue weighted by Crippen LogP contribution is 2.31. The first-order chi connectivity index (χ1) is 5.69. The Kier molecular flexibility index (Phi) is 2.19. The van der Waals surface area contributed by atoms with Crippen molar-refractivity contribution in [3.05, 3.63) is 17.7 Å². The summed E-state index contributed by atoms with van der Waals surface area (Å²) in [5.41, 5.74) is 5.94. The zero-order valence-electron chi connectivity index (χ0n) is 6.57. The zero-order chi connectivity index (χ0) is 9.14. The number of phenols is 1. The van der Waals surface area contributed by atoms with Gasteiger partial charge in [-0.3, -0.25) is 4.79 Å². The van der Waals surface area contributed by atoms with Gasteiger partial charge in [-0.1, -0.05) is 0 Å². The van der Waals surface area contributed by atoms with Crippen LogP contribution in [-0.2, 0) is 0 Å². The first kappa shape index (κ1) is 8.39. The number of hydrogen-bond donors (Lipinski definition) is 2. The molecule has 0 aliphatic rings. The van der Waals surface area contributed by atoms with E-state index in [2.05, 4.69) is 0 Å². The molecule has 0 heterocycles. The number of methoxy groups -OCH3 is 1. The monoisotopic (exact) mass is 167 g/mol. The number of phenolic OH excluding ortho intramolecular Hbond substituents is 1. The molecule has 3 N–H and O–H groups in total. The van der Waals surface area contributed by atoms with Crippen LogP contribution >= 0.6 is 0 Å². The molecule has 0 unspecified atom stereocenters. The molecule has 0 aliphatic carbocycles. The van der Waals surface area contributed by atoms with Gasteiger partial charge in [-0.05, 0) is 6.07 Å². The molecular formula is C8H9NO3. The van der Waals surface area contributed by atoms with E-state index in [1.165, 1.54) is 19.2 Å². The van der Waals surface area contributed by atoms with Gasteiger partial charge in [0.05, 0.1) is 12.7 Å². The Balaban J connectivity index is 3.31. The van der Waals surface area contributed by atoms with Crippen LogP contribution in [0.2, 0.25) is 0 Å². The molecule has 1 aromatic carbocycles. The largest absolute Gasteiger partial charge is 0.504 e. The summed E-state index contributed by atoms with van der Waals surface area (Å²) in [6.07, 6.45) is 0.522. The van der Waals surface area contributed by atoms with Crippen LogP contribution in [-0.4, -0.2) is 18.5 Å². The standard InChI is InChI=1S/C8H9NO3/c1-12-7-3-6(9)2-5(4-10)8(7)11/h2-4,11H,9H2,1H3. The fraction of sp³-hybridized carbons (Fsp3) is 0.125. The van der Waals surface area contributed by atoms with E-state index in [0.29, 0.717) is 12.0 Å². The molecule has 0 spiro atoms. The van der Waals surface area contributed by atoms with Gasteiger partial charge in [0.25, 0.3) is 0 Å². The number of carbonyl (C=O) groups excluding carboxylic acids is 1. The number of nitrogen functional groups attached to an aromatic ring is 1. The van der Waals surface area contributed by atoms with Crippen molar-refractivity contribution in [2.45, 2.75) is 0 Å². The number of carbonyl (C=O) groups is 1. The Morgan fingerprint density at radius 3 is 2.75 bits per heavy atom. The van der Waals surface area contributed by atoms with Gasteiger partial charge >= 0.3 is 0 Å². The smallest absolute Gasteiger partial charge is 0.168 e. The first-order valence-electron chi connectivity index (χ1n) is 3.30. The lowest BCUT2D eigenvalue weighted by Gasteiger charge is -2.05. The summed E-state index contributed by atoms with van der Waals surface area (Å²) in [6.45, 7) is 0. The lowest BCUT2D eigenvalue weighted by molar-refractivity contribution is 0.112. The predicted molar refractivity (Wildman–Crippen MR) is 44.5 cm³/mol. The highest BCUT2D eigenvalue weighted by Gasteiger charge is 2.07. The summed E-state index contributed by atoms with van der Waals surface area (Å²) in [7, 11) is 1.39. The SMILES string of the molecule is COc1cc(N)cc(C=O)c1O. The van der Waals surface area contributed by atoms with E-state index in [1.807, 2.05) is 0 Å². The lowest BCUT2D eigenvalue weighted by atomic mass is 10.2. The van der Waals surface area contributed by atoms with Crippen molar-refractivity contribution in [2.75, 3.05) is 12.8 Å². The summed E-state index contributed by atoms with van der Waals surface area (Å²) in [6, 6.07) is 2.83. The Morgan fingerprint density at radius 2 is 2.25 bits per heavy atom. The molecular weight excluding hydrogens is 158 g/mol. The minimum absolute atomic E-state index is 0.131. The lowest BCUT2D eigenvalue weighted by Crippen LogP contribution is -1.92. The molecule has 0 amide bonds. The second kappa shape index (κ2) is 3.13. The number of rotatable bonds is 2. The molecule has 1 rings (SSSR count). The molecule has 64 valence electrons. The van der Waals surface area contributed by atoms with Gasteiger partial charge in [0, 0.05) is 11.8 Å². The molecule has 0 saturated carbocycles. The van der Waals surface area contributed by atoms with Gasteiger partial charge in [-0.2, -0.15) is 0 Å². The van der Waals surface area contributed by atoms with Gasteiger partial charge in [0.2, 0.25) is 0 Å². The Hall–Kier alpha value is -1.71. The summed E-state index contributed by atoms with van der Waals surface area (Å²) in [5.74, 6) is 0.0267. The van der Waals surface area contributed by atoms with Crippen LogP contribution in [0.1, 0.15) is 10.4 Å². The van der Waals surface area contributed by atoms with Crippen LogP contribution in [0.5, 0.6) is 11.5 Å². The van der Waals surface area contributed by atoms with Gasteiger partial charge in [-0.15, -0.1) is 0 Å². The first-order valence-corrected chi connectivity index (χ1v) is 3.30. The Labute approximate surface area is 69.6 Å². The van der Waals surface area contributed by atoms with E-state index in [-0.39, 0.29) is 17.1 Å². The molecule has 0 fully saturated rings. The van der Waals surface area contributed by atoms with Gasteiger partial charge < -0.3 is 15.6 Å². The molecule has 0 bridgehead atoms. The summed E-state index contributed by atoms with van der Waals surface area (Å²) < 4.78 is 4.78. The minimum Gasteiger partial charge on any atom is -0.504 e. The third kappa shape index (κ3) is 1.32. The molecule has 4 heteroatoms. The van der Waals surface area contributed by atoms with Crippen molar-refractivity contribution in [3.63, 3.8) is 0 Å². The maximum atomic E-state index is 10.4. The number of nitrogens with two attached hydrogens (primary N) is 1. The molecule has 0 atom stereocenters. The highest BCUT2D eigenvalue weighted by molar-refractivity contribution is 5.83. The van der Waals surface area contributed by atoms with E-state index >= 15 is 0 Å². The molecule has 4 nitrogen and oxygen atoms in total. The van der Waals surface area contributed by atoms with Crippen LogP contribution in [0.15, 0.2) is 12.1 Å². The average molecular weight is 167 g/mol. The summed E-state index contributed by atoms with van der Waals surface area (Å²) in [4.78, 5) is 10.4. The maximum Gasteiger partial charge on any atom is 0.168 e. The van der Waals surface area contributed by atoms with E-state index in [4.69, 9.17) is 10.5 Å². The third-order valence-corrected chi connectivity index (χ3v) is 1.47. The zero-order valence-corrected chi connectivity index (χ0v) is 6.57. The number of aromatic hydroxyl groups is 1. The van der Waals surface area contributed by atoms with E-state index in [9.17, 15) is 9.90 Å². The van der Waals surface area contributed by atoms with E-state index in [0.717, 1.165) is 0 Å².